The highest BCUT2D eigenvalue weighted by Crippen LogP contribution is 2.29. The third-order valence-corrected chi connectivity index (χ3v) is 3.09. The molecule has 0 spiro atoms. The number of halogens is 1. The molecule has 1 unspecified atom stereocenters. The molecule has 2 rings (SSSR count). The molecule has 0 aliphatic carbocycles. The van der Waals surface area contributed by atoms with Gasteiger partial charge in [0.05, 0.1) is 24.6 Å². The largest absolute Gasteiger partial charge is 0.490 e. The molecule has 3 N–H and O–H groups in total. The van der Waals surface area contributed by atoms with Crippen LogP contribution in [0.15, 0.2) is 12.1 Å². The lowest BCUT2D eigenvalue weighted by Crippen LogP contribution is -2.30. The molecule has 1 aliphatic heterocycles. The third-order valence-electron chi connectivity index (χ3n) is 3.09. The Bertz CT molecular complexity index is 420. The van der Waals surface area contributed by atoms with E-state index in [1.807, 2.05) is 6.92 Å². The van der Waals surface area contributed by atoms with Gasteiger partial charge in [-0.25, -0.2) is 4.39 Å². The molecule has 0 amide bonds. The standard InChI is InChI=1S/C14H21FN2O2/c1-2-5-19-14-8-13(12(16)7-11(14)15)17-10-4-3-6-18-9-10/h7-8,10,17H,2-6,9,16H2,1H3. The molecule has 4 nitrogen and oxygen atoms in total. The predicted octanol–water partition coefficient (Wildman–Crippen LogP) is 2.79. The Balaban J connectivity index is 2.09. The van der Waals surface area contributed by atoms with Crippen molar-refractivity contribution in [2.24, 2.45) is 0 Å². The smallest absolute Gasteiger partial charge is 0.167 e. The molecule has 1 atom stereocenters. The minimum atomic E-state index is -0.420. The number of nitrogens with two attached hydrogens (primary N) is 1. The lowest BCUT2D eigenvalue weighted by molar-refractivity contribution is 0.0876. The summed E-state index contributed by atoms with van der Waals surface area (Å²) in [5, 5.41) is 3.30. The average molecular weight is 268 g/mol. The Labute approximate surface area is 113 Å². The monoisotopic (exact) mass is 268 g/mol. The Kier molecular flexibility index (Phi) is 4.85. The van der Waals surface area contributed by atoms with Crippen molar-refractivity contribution in [3.8, 4) is 5.75 Å². The second kappa shape index (κ2) is 6.61. The van der Waals surface area contributed by atoms with Crippen LogP contribution >= 0.6 is 0 Å². The number of ether oxygens (including phenoxy) is 2. The second-order valence-electron chi connectivity index (χ2n) is 4.78. The maximum absolute atomic E-state index is 13.7. The Morgan fingerprint density at radius 2 is 2.37 bits per heavy atom. The lowest BCUT2D eigenvalue weighted by Gasteiger charge is -2.25. The van der Waals surface area contributed by atoms with Crippen molar-refractivity contribution in [3.05, 3.63) is 17.9 Å². The number of hydrogen-bond donors (Lipinski definition) is 2. The molecule has 1 heterocycles. The summed E-state index contributed by atoms with van der Waals surface area (Å²) in [5.41, 5.74) is 6.94. The van der Waals surface area contributed by atoms with Gasteiger partial charge in [-0.2, -0.15) is 0 Å². The summed E-state index contributed by atoms with van der Waals surface area (Å²) >= 11 is 0. The van der Waals surface area contributed by atoms with Gasteiger partial charge in [0.15, 0.2) is 11.6 Å². The topological polar surface area (TPSA) is 56.5 Å². The quantitative estimate of drug-likeness (QED) is 0.806. The highest BCUT2D eigenvalue weighted by atomic mass is 19.1. The van der Waals surface area contributed by atoms with Gasteiger partial charge in [0.2, 0.25) is 0 Å². The van der Waals surface area contributed by atoms with E-state index in [-0.39, 0.29) is 11.8 Å². The van der Waals surface area contributed by atoms with Crippen molar-refractivity contribution in [3.63, 3.8) is 0 Å². The van der Waals surface area contributed by atoms with Crippen LogP contribution in [0.25, 0.3) is 0 Å². The van der Waals surface area contributed by atoms with Crippen LogP contribution in [0.1, 0.15) is 26.2 Å². The molecule has 5 heteroatoms. The average Bonchev–Trinajstić information content (AvgIpc) is 2.42. The number of nitrogen functional groups attached to an aromatic ring is 1. The number of hydrogen-bond acceptors (Lipinski definition) is 4. The van der Waals surface area contributed by atoms with Crippen LogP contribution in [0, 0.1) is 5.82 Å². The fourth-order valence-corrected chi connectivity index (χ4v) is 2.09. The van der Waals surface area contributed by atoms with Gasteiger partial charge in [-0.1, -0.05) is 6.92 Å². The van der Waals surface area contributed by atoms with E-state index in [2.05, 4.69) is 5.32 Å². The fourth-order valence-electron chi connectivity index (χ4n) is 2.09. The maximum Gasteiger partial charge on any atom is 0.167 e. The van der Waals surface area contributed by atoms with E-state index in [0.29, 0.717) is 24.6 Å². The van der Waals surface area contributed by atoms with Crippen LogP contribution in [0.5, 0.6) is 5.75 Å². The van der Waals surface area contributed by atoms with E-state index in [1.54, 1.807) is 6.07 Å². The minimum Gasteiger partial charge on any atom is -0.490 e. The Morgan fingerprint density at radius 3 is 3.05 bits per heavy atom. The van der Waals surface area contributed by atoms with Gasteiger partial charge >= 0.3 is 0 Å². The summed E-state index contributed by atoms with van der Waals surface area (Å²) in [5.74, 6) is -0.174. The normalized spacial score (nSPS) is 19.2. The van der Waals surface area contributed by atoms with Gasteiger partial charge < -0.3 is 20.5 Å². The Morgan fingerprint density at radius 1 is 1.53 bits per heavy atom. The maximum atomic E-state index is 13.7. The molecule has 19 heavy (non-hydrogen) atoms. The highest BCUT2D eigenvalue weighted by molar-refractivity contribution is 5.69. The zero-order valence-corrected chi connectivity index (χ0v) is 11.2. The summed E-state index contributed by atoms with van der Waals surface area (Å²) in [6.07, 6.45) is 2.89. The summed E-state index contributed by atoms with van der Waals surface area (Å²) in [6.45, 7) is 3.93. The van der Waals surface area contributed by atoms with E-state index < -0.39 is 5.82 Å². The van der Waals surface area contributed by atoms with Crippen LogP contribution < -0.4 is 15.8 Å². The van der Waals surface area contributed by atoms with Crippen LogP contribution in [0.2, 0.25) is 0 Å². The van der Waals surface area contributed by atoms with Gasteiger partial charge in [0, 0.05) is 24.8 Å². The van der Waals surface area contributed by atoms with Crippen molar-refractivity contribution in [1.29, 1.82) is 0 Å². The van der Waals surface area contributed by atoms with Crippen LogP contribution in [0.3, 0.4) is 0 Å². The first-order chi connectivity index (χ1) is 9.20. The van der Waals surface area contributed by atoms with E-state index in [4.69, 9.17) is 15.2 Å². The molecular weight excluding hydrogens is 247 g/mol. The van der Waals surface area contributed by atoms with Crippen LogP contribution in [-0.2, 0) is 4.74 Å². The predicted molar refractivity (Wildman–Crippen MR) is 74.1 cm³/mol. The molecule has 0 aromatic heterocycles. The molecule has 0 saturated carbocycles. The lowest BCUT2D eigenvalue weighted by atomic mass is 10.1. The van der Waals surface area contributed by atoms with Crippen LogP contribution in [-0.4, -0.2) is 25.9 Å². The summed E-state index contributed by atoms with van der Waals surface area (Å²) < 4.78 is 24.4. The van der Waals surface area contributed by atoms with E-state index in [9.17, 15) is 4.39 Å². The molecule has 1 saturated heterocycles. The molecule has 0 bridgehead atoms. The van der Waals surface area contributed by atoms with Gasteiger partial charge in [-0.3, -0.25) is 0 Å². The molecule has 106 valence electrons. The first-order valence-electron chi connectivity index (χ1n) is 6.76. The zero-order chi connectivity index (χ0) is 13.7. The summed E-state index contributed by atoms with van der Waals surface area (Å²) in [4.78, 5) is 0. The van der Waals surface area contributed by atoms with Crippen molar-refractivity contribution in [1.82, 2.24) is 0 Å². The van der Waals surface area contributed by atoms with Gasteiger partial charge in [-0.15, -0.1) is 0 Å². The Hall–Kier alpha value is -1.49. The first-order valence-corrected chi connectivity index (χ1v) is 6.76. The number of benzene rings is 1. The van der Waals surface area contributed by atoms with Gasteiger partial charge in [-0.05, 0) is 19.3 Å². The van der Waals surface area contributed by atoms with Crippen molar-refractivity contribution >= 4 is 11.4 Å². The van der Waals surface area contributed by atoms with E-state index in [0.717, 1.165) is 25.9 Å². The van der Waals surface area contributed by atoms with E-state index in [1.165, 1.54) is 6.07 Å². The number of nitrogens with one attached hydrogen (secondary N) is 1. The highest BCUT2D eigenvalue weighted by Gasteiger charge is 2.16. The minimum absolute atomic E-state index is 0.223. The third kappa shape index (κ3) is 3.73. The van der Waals surface area contributed by atoms with Gasteiger partial charge in [0.1, 0.15) is 0 Å². The molecule has 0 radical (unpaired) electrons. The summed E-state index contributed by atoms with van der Waals surface area (Å²) in [7, 11) is 0. The number of rotatable bonds is 5. The molecule has 1 fully saturated rings. The first kappa shape index (κ1) is 13.9. The van der Waals surface area contributed by atoms with Crippen LogP contribution in [0.4, 0.5) is 15.8 Å². The van der Waals surface area contributed by atoms with Crippen molar-refractivity contribution in [2.45, 2.75) is 32.2 Å². The molecule has 1 aromatic carbocycles. The molecule has 1 aliphatic rings. The zero-order valence-electron chi connectivity index (χ0n) is 11.2. The second-order valence-corrected chi connectivity index (χ2v) is 4.78. The summed E-state index contributed by atoms with van der Waals surface area (Å²) in [6, 6.07) is 3.16. The van der Waals surface area contributed by atoms with E-state index >= 15 is 0 Å². The SMILES string of the molecule is CCCOc1cc(NC2CCCOC2)c(N)cc1F. The van der Waals surface area contributed by atoms with Crippen molar-refractivity contribution < 1.29 is 13.9 Å². The number of anilines is 2. The fraction of sp³-hybridized carbons (Fsp3) is 0.571. The van der Waals surface area contributed by atoms with Crippen molar-refractivity contribution in [2.75, 3.05) is 30.9 Å². The molecular formula is C14H21FN2O2. The molecule has 1 aromatic rings. The van der Waals surface area contributed by atoms with Gasteiger partial charge in [0.25, 0.3) is 0 Å².